The maximum Gasteiger partial charge on any atom is 0.410 e. The van der Waals surface area contributed by atoms with Crippen LogP contribution in [0.15, 0.2) is 0 Å². The van der Waals surface area contributed by atoms with Crippen molar-refractivity contribution in [1.29, 1.82) is 0 Å². The number of nitrogens with zero attached hydrogens (tertiary/aromatic N) is 1. The third kappa shape index (κ3) is 5.78. The molecule has 0 aliphatic carbocycles. The monoisotopic (exact) mass is 272 g/mol. The highest BCUT2D eigenvalue weighted by atomic mass is 16.6. The minimum Gasteiger partial charge on any atom is -0.444 e. The van der Waals surface area contributed by atoms with E-state index >= 15 is 0 Å². The summed E-state index contributed by atoms with van der Waals surface area (Å²) in [6, 6.07) is 0.0153. The number of hydrogen-bond acceptors (Lipinski definition) is 4. The summed E-state index contributed by atoms with van der Waals surface area (Å²) >= 11 is 0. The molecule has 0 aromatic carbocycles. The highest BCUT2D eigenvalue weighted by Crippen LogP contribution is 2.21. The van der Waals surface area contributed by atoms with E-state index in [-0.39, 0.29) is 12.1 Å². The number of nitrogens with two attached hydrogens (primary N) is 1. The zero-order valence-corrected chi connectivity index (χ0v) is 12.6. The summed E-state index contributed by atoms with van der Waals surface area (Å²) in [6.45, 7) is 7.68. The molecule has 112 valence electrons. The lowest BCUT2D eigenvalue weighted by molar-refractivity contribution is 0.0123. The van der Waals surface area contributed by atoms with Gasteiger partial charge in [-0.2, -0.15) is 0 Å². The predicted octanol–water partition coefficient (Wildman–Crippen LogP) is 2.00. The Morgan fingerprint density at radius 2 is 2.21 bits per heavy atom. The number of rotatable bonds is 4. The van der Waals surface area contributed by atoms with Gasteiger partial charge in [-0.1, -0.05) is 0 Å². The molecule has 2 N–H and O–H groups in total. The van der Waals surface area contributed by atoms with Crippen LogP contribution in [0.4, 0.5) is 4.79 Å². The molecule has 19 heavy (non-hydrogen) atoms. The van der Waals surface area contributed by atoms with Gasteiger partial charge in [0.2, 0.25) is 0 Å². The molecule has 0 aromatic heterocycles. The second kappa shape index (κ2) is 7.10. The normalized spacial score (nSPS) is 21.8. The molecule has 2 atom stereocenters. The first-order valence-electron chi connectivity index (χ1n) is 7.07. The highest BCUT2D eigenvalue weighted by Gasteiger charge is 2.27. The van der Waals surface area contributed by atoms with Gasteiger partial charge in [0, 0.05) is 32.8 Å². The molecule has 5 nitrogen and oxygen atoms in total. The van der Waals surface area contributed by atoms with E-state index in [4.69, 9.17) is 15.2 Å². The van der Waals surface area contributed by atoms with Crippen LogP contribution >= 0.6 is 0 Å². The summed E-state index contributed by atoms with van der Waals surface area (Å²) < 4.78 is 10.8. The first-order chi connectivity index (χ1) is 8.83. The quantitative estimate of drug-likeness (QED) is 0.850. The fraction of sp³-hybridized carbons (Fsp3) is 0.929. The lowest BCUT2D eigenvalue weighted by atomic mass is 9.94. The summed E-state index contributed by atoms with van der Waals surface area (Å²) in [6.07, 6.45) is 2.82. The van der Waals surface area contributed by atoms with Crippen LogP contribution in [0, 0.1) is 5.92 Å². The second-order valence-electron chi connectivity index (χ2n) is 6.30. The van der Waals surface area contributed by atoms with Crippen molar-refractivity contribution in [3.8, 4) is 0 Å². The van der Waals surface area contributed by atoms with E-state index < -0.39 is 5.60 Å². The molecule has 1 unspecified atom stereocenters. The van der Waals surface area contributed by atoms with Crippen molar-refractivity contribution in [2.75, 3.05) is 26.8 Å². The lowest BCUT2D eigenvalue weighted by Gasteiger charge is -2.33. The molecule has 1 aliphatic heterocycles. The minimum atomic E-state index is -0.474. The predicted molar refractivity (Wildman–Crippen MR) is 75.0 cm³/mol. The Balaban J connectivity index is 2.50. The van der Waals surface area contributed by atoms with Gasteiger partial charge in [0.05, 0.1) is 0 Å². The van der Waals surface area contributed by atoms with E-state index in [1.54, 1.807) is 11.9 Å². The molecule has 0 radical (unpaired) electrons. The number of carbonyl (C=O) groups is 1. The Morgan fingerprint density at radius 1 is 1.53 bits per heavy atom. The zero-order valence-electron chi connectivity index (χ0n) is 12.6. The van der Waals surface area contributed by atoms with E-state index in [1.807, 2.05) is 20.8 Å². The topological polar surface area (TPSA) is 64.8 Å². The van der Waals surface area contributed by atoms with Gasteiger partial charge in [-0.05, 0) is 46.0 Å². The molecule has 0 spiro atoms. The Morgan fingerprint density at radius 3 is 2.68 bits per heavy atom. The molecule has 0 bridgehead atoms. The number of hydrogen-bond donors (Lipinski definition) is 1. The molecular weight excluding hydrogens is 244 g/mol. The standard InChI is InChI=1S/C14H28N2O3/c1-14(2,3)19-13(17)16(4)12(9-15)8-11-6-5-7-18-10-11/h11-12H,5-10,15H2,1-4H3/t11-,12?/m1/s1. The Bertz CT molecular complexity index is 283. The van der Waals surface area contributed by atoms with E-state index in [1.165, 1.54) is 0 Å². The molecule has 1 aliphatic rings. The van der Waals surface area contributed by atoms with Crippen molar-refractivity contribution in [2.24, 2.45) is 11.7 Å². The number of carbonyl (C=O) groups excluding carboxylic acids is 1. The fourth-order valence-electron chi connectivity index (χ4n) is 2.27. The van der Waals surface area contributed by atoms with Crippen LogP contribution in [0.25, 0.3) is 0 Å². The van der Waals surface area contributed by atoms with Crippen molar-refractivity contribution < 1.29 is 14.3 Å². The maximum absolute atomic E-state index is 12.0. The van der Waals surface area contributed by atoms with Crippen molar-refractivity contribution in [2.45, 2.75) is 51.7 Å². The number of amides is 1. The largest absolute Gasteiger partial charge is 0.444 e. The average molecular weight is 272 g/mol. The van der Waals surface area contributed by atoms with Crippen LogP contribution in [0.2, 0.25) is 0 Å². The third-order valence-corrected chi connectivity index (χ3v) is 3.36. The summed E-state index contributed by atoms with van der Waals surface area (Å²) in [5.41, 5.74) is 5.33. The van der Waals surface area contributed by atoms with E-state index in [0.29, 0.717) is 12.5 Å². The van der Waals surface area contributed by atoms with Crippen LogP contribution in [0.1, 0.15) is 40.0 Å². The molecule has 0 saturated carbocycles. The van der Waals surface area contributed by atoms with Gasteiger partial charge in [0.1, 0.15) is 5.60 Å². The molecule has 1 rings (SSSR count). The maximum atomic E-state index is 12.0. The van der Waals surface area contributed by atoms with Gasteiger partial charge in [-0.3, -0.25) is 0 Å². The van der Waals surface area contributed by atoms with Gasteiger partial charge < -0.3 is 20.1 Å². The van der Waals surface area contributed by atoms with E-state index in [2.05, 4.69) is 0 Å². The van der Waals surface area contributed by atoms with E-state index in [9.17, 15) is 4.79 Å². The molecule has 1 amide bonds. The fourth-order valence-corrected chi connectivity index (χ4v) is 2.27. The van der Waals surface area contributed by atoms with E-state index in [0.717, 1.165) is 32.5 Å². The summed E-state index contributed by atoms with van der Waals surface area (Å²) in [5, 5.41) is 0. The van der Waals surface area contributed by atoms with Crippen LogP contribution in [-0.4, -0.2) is 49.4 Å². The molecule has 5 heteroatoms. The Labute approximate surface area is 116 Å². The molecule has 1 saturated heterocycles. The smallest absolute Gasteiger partial charge is 0.410 e. The number of ether oxygens (including phenoxy) is 2. The van der Waals surface area contributed by atoms with Gasteiger partial charge >= 0.3 is 6.09 Å². The van der Waals surface area contributed by atoms with Crippen molar-refractivity contribution >= 4 is 6.09 Å². The molecule has 1 fully saturated rings. The van der Waals surface area contributed by atoms with Crippen LogP contribution < -0.4 is 5.73 Å². The first-order valence-corrected chi connectivity index (χ1v) is 7.07. The van der Waals surface area contributed by atoms with Gasteiger partial charge in [-0.15, -0.1) is 0 Å². The van der Waals surface area contributed by atoms with Crippen molar-refractivity contribution in [1.82, 2.24) is 4.90 Å². The van der Waals surface area contributed by atoms with Crippen molar-refractivity contribution in [3.63, 3.8) is 0 Å². The van der Waals surface area contributed by atoms with Gasteiger partial charge in [-0.25, -0.2) is 4.79 Å². The summed E-state index contributed by atoms with van der Waals surface area (Å²) in [4.78, 5) is 13.6. The van der Waals surface area contributed by atoms with Crippen LogP contribution in [-0.2, 0) is 9.47 Å². The zero-order chi connectivity index (χ0) is 14.5. The minimum absolute atomic E-state index is 0.0153. The van der Waals surface area contributed by atoms with Gasteiger partial charge in [0.25, 0.3) is 0 Å². The average Bonchev–Trinajstić information content (AvgIpc) is 2.34. The molecule has 1 heterocycles. The Kier molecular flexibility index (Phi) is 6.07. The first kappa shape index (κ1) is 16.2. The van der Waals surface area contributed by atoms with Crippen LogP contribution in [0.3, 0.4) is 0 Å². The second-order valence-corrected chi connectivity index (χ2v) is 6.30. The number of likely N-dealkylation sites (N-methyl/N-ethyl adjacent to an activating group) is 1. The molecule has 0 aromatic rings. The summed E-state index contributed by atoms with van der Waals surface area (Å²) in [7, 11) is 1.76. The molecular formula is C14H28N2O3. The van der Waals surface area contributed by atoms with Crippen LogP contribution in [0.5, 0.6) is 0 Å². The highest BCUT2D eigenvalue weighted by molar-refractivity contribution is 5.68. The van der Waals surface area contributed by atoms with Crippen molar-refractivity contribution in [3.05, 3.63) is 0 Å². The van der Waals surface area contributed by atoms with Gasteiger partial charge in [0.15, 0.2) is 0 Å². The Hall–Kier alpha value is -0.810. The summed E-state index contributed by atoms with van der Waals surface area (Å²) in [5.74, 6) is 0.493. The lowest BCUT2D eigenvalue weighted by Crippen LogP contribution is -2.45. The SMILES string of the molecule is CN(C(=O)OC(C)(C)C)C(CN)C[C@H]1CCCOC1. The third-order valence-electron chi connectivity index (χ3n) is 3.36.